The lowest BCUT2D eigenvalue weighted by Crippen LogP contribution is -2.29. The van der Waals surface area contributed by atoms with Crippen LogP contribution in [0.1, 0.15) is 5.01 Å². The number of fused-ring (bicyclic) bond motifs is 1. The molecule has 3 aromatic heterocycles. The van der Waals surface area contributed by atoms with Crippen molar-refractivity contribution in [2.75, 3.05) is 43.1 Å². The maximum absolute atomic E-state index is 5.14. The molecule has 2 unspecified atom stereocenters. The van der Waals surface area contributed by atoms with Gasteiger partial charge in [-0.3, -0.25) is 0 Å². The van der Waals surface area contributed by atoms with Crippen LogP contribution in [0.4, 0.5) is 10.9 Å². The molecular weight excluding hydrogens is 364 g/mol. The molecule has 140 valence electrons. The molecule has 5 heterocycles. The van der Waals surface area contributed by atoms with E-state index in [1.54, 1.807) is 35.7 Å². The van der Waals surface area contributed by atoms with E-state index in [-0.39, 0.29) is 0 Å². The van der Waals surface area contributed by atoms with Crippen LogP contribution in [0.2, 0.25) is 0 Å². The molecule has 2 atom stereocenters. The van der Waals surface area contributed by atoms with Gasteiger partial charge in [-0.2, -0.15) is 5.10 Å². The van der Waals surface area contributed by atoms with Crippen molar-refractivity contribution >= 4 is 22.3 Å². The number of hydrogen-bond acceptors (Lipinski definition) is 9. The fraction of sp³-hybridized carbons (Fsp3) is 0.471. The Morgan fingerprint density at radius 2 is 1.85 bits per heavy atom. The van der Waals surface area contributed by atoms with Gasteiger partial charge in [0, 0.05) is 63.6 Å². The Kier molecular flexibility index (Phi) is 4.21. The van der Waals surface area contributed by atoms with E-state index in [0.29, 0.717) is 18.4 Å². The number of anilines is 2. The minimum atomic E-state index is 0.526. The van der Waals surface area contributed by atoms with E-state index >= 15 is 0 Å². The van der Waals surface area contributed by atoms with Crippen LogP contribution in [-0.4, -0.2) is 63.2 Å². The summed E-state index contributed by atoms with van der Waals surface area (Å²) in [6.07, 6.45) is 5.26. The predicted octanol–water partition coefficient (Wildman–Crippen LogP) is 1.23. The lowest BCUT2D eigenvalue weighted by molar-refractivity contribution is 0.184. The minimum Gasteiger partial charge on any atom is -0.377 e. The molecule has 27 heavy (non-hydrogen) atoms. The van der Waals surface area contributed by atoms with Crippen LogP contribution >= 0.6 is 11.3 Å². The molecule has 2 aliphatic rings. The number of aromatic nitrogens is 6. The molecule has 2 fully saturated rings. The van der Waals surface area contributed by atoms with Gasteiger partial charge in [0.25, 0.3) is 0 Å². The average Bonchev–Trinajstić information content (AvgIpc) is 3.44. The zero-order chi connectivity index (χ0) is 18.2. The van der Waals surface area contributed by atoms with Crippen LogP contribution in [0.3, 0.4) is 0 Å². The summed E-state index contributed by atoms with van der Waals surface area (Å²) in [6, 6.07) is 3.90. The summed E-state index contributed by atoms with van der Waals surface area (Å²) < 4.78 is 6.90. The second kappa shape index (κ2) is 6.86. The molecule has 9 nitrogen and oxygen atoms in total. The van der Waals surface area contributed by atoms with E-state index in [1.165, 1.54) is 0 Å². The zero-order valence-electron chi connectivity index (χ0n) is 15.0. The molecular formula is C17H20N8OS. The monoisotopic (exact) mass is 384 g/mol. The smallest absolute Gasteiger partial charge is 0.208 e. The van der Waals surface area contributed by atoms with Crippen molar-refractivity contribution in [1.82, 2.24) is 29.9 Å². The number of nitrogens with zero attached hydrogens (tertiary/aromatic N) is 8. The summed E-state index contributed by atoms with van der Waals surface area (Å²) in [5.74, 6) is 2.99. The van der Waals surface area contributed by atoms with Gasteiger partial charge < -0.3 is 14.5 Å². The minimum absolute atomic E-state index is 0.526. The lowest BCUT2D eigenvalue weighted by atomic mass is 10.0. The van der Waals surface area contributed by atoms with E-state index in [2.05, 4.69) is 35.1 Å². The quantitative estimate of drug-likeness (QED) is 0.649. The van der Waals surface area contributed by atoms with Crippen LogP contribution in [0.25, 0.3) is 5.82 Å². The highest BCUT2D eigenvalue weighted by Crippen LogP contribution is 2.36. The van der Waals surface area contributed by atoms with Crippen molar-refractivity contribution in [1.29, 1.82) is 0 Å². The summed E-state index contributed by atoms with van der Waals surface area (Å²) >= 11 is 1.63. The van der Waals surface area contributed by atoms with Crippen LogP contribution in [-0.2, 0) is 11.3 Å². The topological polar surface area (TPSA) is 85.1 Å². The van der Waals surface area contributed by atoms with Crippen molar-refractivity contribution in [2.45, 2.75) is 6.61 Å². The lowest BCUT2D eigenvalue weighted by Gasteiger charge is -2.22. The summed E-state index contributed by atoms with van der Waals surface area (Å²) in [4.78, 5) is 13.5. The van der Waals surface area contributed by atoms with Crippen molar-refractivity contribution < 1.29 is 4.74 Å². The molecule has 10 heteroatoms. The van der Waals surface area contributed by atoms with Crippen molar-refractivity contribution in [3.05, 3.63) is 35.9 Å². The maximum Gasteiger partial charge on any atom is 0.208 e. The largest absolute Gasteiger partial charge is 0.377 e. The normalized spacial score (nSPS) is 21.8. The first-order valence-electron chi connectivity index (χ1n) is 8.93. The Morgan fingerprint density at radius 1 is 1.07 bits per heavy atom. The first-order valence-corrected chi connectivity index (χ1v) is 9.75. The Labute approximate surface area is 160 Å². The van der Waals surface area contributed by atoms with Crippen molar-refractivity contribution in [2.24, 2.45) is 11.8 Å². The highest BCUT2D eigenvalue weighted by Gasteiger charge is 2.41. The van der Waals surface area contributed by atoms with Gasteiger partial charge >= 0.3 is 0 Å². The third-order valence-corrected chi connectivity index (χ3v) is 6.14. The van der Waals surface area contributed by atoms with Crippen LogP contribution in [0, 0.1) is 11.8 Å². The second-order valence-corrected chi connectivity index (χ2v) is 7.97. The highest BCUT2D eigenvalue weighted by atomic mass is 32.1. The summed E-state index contributed by atoms with van der Waals surface area (Å²) in [6.45, 7) is 4.55. The second-order valence-electron chi connectivity index (χ2n) is 6.93. The van der Waals surface area contributed by atoms with E-state index < -0.39 is 0 Å². The SMILES string of the molecule is COCc1nnc(N2CC3CN(c4cc(-n5cccn5)ncn4)CC3C2)s1. The molecule has 0 aliphatic carbocycles. The molecule has 0 saturated carbocycles. The van der Waals surface area contributed by atoms with Gasteiger partial charge in [0.2, 0.25) is 5.13 Å². The number of methoxy groups -OCH3 is 1. The summed E-state index contributed by atoms with van der Waals surface area (Å²) in [7, 11) is 1.68. The van der Waals surface area contributed by atoms with Gasteiger partial charge in [0.15, 0.2) is 5.82 Å². The van der Waals surface area contributed by atoms with Gasteiger partial charge in [0.1, 0.15) is 23.8 Å². The van der Waals surface area contributed by atoms with Gasteiger partial charge in [-0.05, 0) is 6.07 Å². The van der Waals surface area contributed by atoms with Crippen molar-refractivity contribution in [3.8, 4) is 5.82 Å². The summed E-state index contributed by atoms with van der Waals surface area (Å²) in [5, 5.41) is 14.7. The van der Waals surface area contributed by atoms with Gasteiger partial charge in [-0.1, -0.05) is 11.3 Å². The Bertz CT molecular complexity index is 899. The van der Waals surface area contributed by atoms with Crippen LogP contribution < -0.4 is 9.80 Å². The van der Waals surface area contributed by atoms with E-state index in [9.17, 15) is 0 Å². The van der Waals surface area contributed by atoms with E-state index in [0.717, 1.165) is 48.0 Å². The summed E-state index contributed by atoms with van der Waals surface area (Å²) in [5.41, 5.74) is 0. The molecule has 3 aromatic rings. The van der Waals surface area contributed by atoms with E-state index in [1.807, 2.05) is 18.3 Å². The fourth-order valence-corrected chi connectivity index (χ4v) is 4.76. The number of ether oxygens (including phenoxy) is 1. The first kappa shape index (κ1) is 16.6. The molecule has 0 amide bonds. The van der Waals surface area contributed by atoms with Gasteiger partial charge in [-0.25, -0.2) is 14.6 Å². The van der Waals surface area contributed by atoms with Gasteiger partial charge in [-0.15, -0.1) is 10.2 Å². The van der Waals surface area contributed by atoms with Crippen molar-refractivity contribution in [3.63, 3.8) is 0 Å². The predicted molar refractivity (Wildman–Crippen MR) is 101 cm³/mol. The average molecular weight is 384 g/mol. The van der Waals surface area contributed by atoms with Gasteiger partial charge in [0.05, 0.1) is 0 Å². The zero-order valence-corrected chi connectivity index (χ0v) is 15.8. The molecule has 2 aliphatic heterocycles. The molecule has 5 rings (SSSR count). The third kappa shape index (κ3) is 3.15. The molecule has 0 radical (unpaired) electrons. The standard InChI is InChI=1S/C17H20N8OS/c1-26-10-16-21-22-17(27-16)24-8-12-6-23(7-13(12)9-24)14-5-15(19-11-18-14)25-4-2-3-20-25/h2-5,11-13H,6-10H2,1H3. The first-order chi connectivity index (χ1) is 13.3. The number of hydrogen-bond donors (Lipinski definition) is 0. The fourth-order valence-electron chi connectivity index (χ4n) is 3.93. The molecule has 0 spiro atoms. The maximum atomic E-state index is 5.14. The Hall–Kier alpha value is -2.59. The van der Waals surface area contributed by atoms with E-state index in [4.69, 9.17) is 4.74 Å². The third-order valence-electron chi connectivity index (χ3n) is 5.18. The molecule has 2 saturated heterocycles. The Balaban J connectivity index is 1.26. The molecule has 0 N–H and O–H groups in total. The highest BCUT2D eigenvalue weighted by molar-refractivity contribution is 7.15. The molecule has 0 bridgehead atoms. The van der Waals surface area contributed by atoms with Crippen LogP contribution in [0.15, 0.2) is 30.9 Å². The number of rotatable bonds is 5. The van der Waals surface area contributed by atoms with Crippen LogP contribution in [0.5, 0.6) is 0 Å². The molecule has 0 aromatic carbocycles. The Morgan fingerprint density at radius 3 is 2.59 bits per heavy atom.